The largest absolute Gasteiger partial charge is 0.368 e. The molecular weight excluding hydrogens is 242 g/mol. The van der Waals surface area contributed by atoms with Gasteiger partial charge in [0.05, 0.1) is 11.8 Å². The molecule has 6 nitrogen and oxygen atoms in total. The van der Waals surface area contributed by atoms with Crippen LogP contribution in [0.4, 0.5) is 0 Å². The number of nitrogens with two attached hydrogens (primary N) is 1. The van der Waals surface area contributed by atoms with Crippen LogP contribution in [0.5, 0.6) is 0 Å². The zero-order valence-electron chi connectivity index (χ0n) is 10.3. The minimum atomic E-state index is -2.96. The van der Waals surface area contributed by atoms with Crippen molar-refractivity contribution >= 4 is 15.7 Å². The lowest BCUT2D eigenvalue weighted by Gasteiger charge is -2.22. The first-order valence-corrected chi connectivity index (χ1v) is 7.75. The van der Waals surface area contributed by atoms with E-state index in [0.29, 0.717) is 19.1 Å². The molecule has 0 aromatic rings. The maximum absolute atomic E-state index is 11.2. The fourth-order valence-electron chi connectivity index (χ4n) is 1.48. The highest BCUT2D eigenvalue weighted by atomic mass is 32.2. The number of amides is 1. The molecule has 0 saturated heterocycles. The van der Waals surface area contributed by atoms with Crippen molar-refractivity contribution in [3.63, 3.8) is 0 Å². The lowest BCUT2D eigenvalue weighted by Crippen LogP contribution is -2.49. The Hall–Kier alpha value is -0.660. The molecule has 17 heavy (non-hydrogen) atoms. The van der Waals surface area contributed by atoms with Crippen molar-refractivity contribution < 1.29 is 13.2 Å². The Labute approximate surface area is 102 Å². The fraction of sp³-hybridized carbons (Fsp3) is 0.900. The van der Waals surface area contributed by atoms with Crippen LogP contribution in [-0.2, 0) is 14.6 Å². The van der Waals surface area contributed by atoms with Gasteiger partial charge in [-0.1, -0.05) is 0 Å². The molecule has 0 heterocycles. The lowest BCUT2D eigenvalue weighted by atomic mass is 10.2. The van der Waals surface area contributed by atoms with Gasteiger partial charge in [0.2, 0.25) is 5.91 Å². The molecule has 1 amide bonds. The zero-order chi connectivity index (χ0) is 13.1. The van der Waals surface area contributed by atoms with E-state index in [1.54, 1.807) is 7.05 Å². The lowest BCUT2D eigenvalue weighted by molar-refractivity contribution is -0.120. The smallest absolute Gasteiger partial charge is 0.235 e. The number of carbonyl (C=O) groups is 1. The molecule has 1 saturated carbocycles. The Morgan fingerprint density at radius 1 is 1.53 bits per heavy atom. The number of hydrogen-bond acceptors (Lipinski definition) is 5. The van der Waals surface area contributed by atoms with Crippen molar-refractivity contribution in [2.45, 2.75) is 24.9 Å². The molecule has 0 aromatic carbocycles. The van der Waals surface area contributed by atoms with E-state index in [4.69, 9.17) is 5.73 Å². The third-order valence-corrected chi connectivity index (χ3v) is 3.62. The number of hydrogen-bond donors (Lipinski definition) is 2. The molecule has 7 heteroatoms. The van der Waals surface area contributed by atoms with E-state index in [0.717, 1.165) is 12.8 Å². The van der Waals surface area contributed by atoms with Crippen molar-refractivity contribution in [3.05, 3.63) is 0 Å². The zero-order valence-corrected chi connectivity index (χ0v) is 11.2. The monoisotopic (exact) mass is 263 g/mol. The minimum absolute atomic E-state index is 0.0956. The first-order valence-electron chi connectivity index (χ1n) is 5.69. The van der Waals surface area contributed by atoms with Gasteiger partial charge < -0.3 is 16.0 Å². The summed E-state index contributed by atoms with van der Waals surface area (Å²) in [5.41, 5.74) is 5.30. The maximum atomic E-state index is 11.2. The molecule has 0 bridgehead atoms. The van der Waals surface area contributed by atoms with Gasteiger partial charge in [-0.3, -0.25) is 4.79 Å². The number of likely N-dealkylation sites (N-methyl/N-ethyl adjacent to an activating group) is 1. The van der Waals surface area contributed by atoms with Gasteiger partial charge in [-0.25, -0.2) is 8.42 Å². The maximum Gasteiger partial charge on any atom is 0.235 e. The highest BCUT2D eigenvalue weighted by molar-refractivity contribution is 7.90. The number of primary amides is 1. The van der Waals surface area contributed by atoms with Crippen molar-refractivity contribution in [1.29, 1.82) is 0 Å². The predicted octanol–water partition coefficient (Wildman–Crippen LogP) is -1.43. The Morgan fingerprint density at radius 2 is 2.12 bits per heavy atom. The first kappa shape index (κ1) is 14.4. The summed E-state index contributed by atoms with van der Waals surface area (Å²) in [6.45, 7) is 0.857. The van der Waals surface area contributed by atoms with E-state index in [2.05, 4.69) is 5.32 Å². The molecule has 100 valence electrons. The van der Waals surface area contributed by atoms with Crippen LogP contribution in [0.2, 0.25) is 0 Å². The Kier molecular flexibility index (Phi) is 4.91. The van der Waals surface area contributed by atoms with E-state index >= 15 is 0 Å². The van der Waals surface area contributed by atoms with E-state index in [1.807, 2.05) is 4.90 Å². The molecule has 0 spiro atoms. The van der Waals surface area contributed by atoms with Gasteiger partial charge in [-0.05, 0) is 19.9 Å². The molecule has 3 N–H and O–H groups in total. The first-order chi connectivity index (χ1) is 7.78. The predicted molar refractivity (Wildman–Crippen MR) is 66.3 cm³/mol. The summed E-state index contributed by atoms with van der Waals surface area (Å²) in [6, 6.07) is 0.00266. The van der Waals surface area contributed by atoms with Gasteiger partial charge in [0.25, 0.3) is 0 Å². The minimum Gasteiger partial charge on any atom is -0.368 e. The second-order valence-corrected chi connectivity index (χ2v) is 7.05. The molecule has 1 aliphatic rings. The van der Waals surface area contributed by atoms with E-state index in [1.165, 1.54) is 6.26 Å². The highest BCUT2D eigenvalue weighted by Crippen LogP contribution is 2.19. The number of carbonyl (C=O) groups excluding carboxylic acids is 1. The summed E-state index contributed by atoms with van der Waals surface area (Å²) in [5.74, 6) is -0.290. The number of nitrogens with one attached hydrogen (secondary N) is 1. The van der Waals surface area contributed by atoms with E-state index in [-0.39, 0.29) is 11.7 Å². The second kappa shape index (κ2) is 5.79. The summed E-state index contributed by atoms with van der Waals surface area (Å²) >= 11 is 0. The summed E-state index contributed by atoms with van der Waals surface area (Å²) < 4.78 is 22.0. The third kappa shape index (κ3) is 6.60. The highest BCUT2D eigenvalue weighted by Gasteiger charge is 2.27. The number of nitrogens with zero attached hydrogens (tertiary/aromatic N) is 1. The van der Waals surface area contributed by atoms with Gasteiger partial charge in [-0.15, -0.1) is 0 Å². The van der Waals surface area contributed by atoms with Gasteiger partial charge in [-0.2, -0.15) is 0 Å². The summed E-state index contributed by atoms with van der Waals surface area (Å²) in [7, 11) is -1.18. The second-order valence-electron chi connectivity index (χ2n) is 4.79. The molecule has 0 radical (unpaired) electrons. The molecular formula is C10H21N3O3S. The van der Waals surface area contributed by atoms with Crippen LogP contribution < -0.4 is 11.1 Å². The SMILES string of the molecule is CN(CCS(C)(=O)=O)CC(NC1CC1)C(N)=O. The van der Waals surface area contributed by atoms with Crippen molar-refractivity contribution in [1.82, 2.24) is 10.2 Å². The van der Waals surface area contributed by atoms with Crippen LogP contribution in [0.25, 0.3) is 0 Å². The molecule has 1 aliphatic carbocycles. The van der Waals surface area contributed by atoms with Crippen molar-refractivity contribution in [2.75, 3.05) is 32.1 Å². The third-order valence-electron chi connectivity index (χ3n) is 2.70. The van der Waals surface area contributed by atoms with Crippen molar-refractivity contribution in [2.24, 2.45) is 5.73 Å². The molecule has 1 unspecified atom stereocenters. The van der Waals surface area contributed by atoms with E-state index < -0.39 is 15.9 Å². The fourth-order valence-corrected chi connectivity index (χ4v) is 2.13. The number of sulfone groups is 1. The molecule has 1 fully saturated rings. The van der Waals surface area contributed by atoms with Gasteiger partial charge in [0.15, 0.2) is 0 Å². The summed E-state index contributed by atoms with van der Waals surface area (Å²) in [4.78, 5) is 13.0. The van der Waals surface area contributed by atoms with Crippen molar-refractivity contribution in [3.8, 4) is 0 Å². The Bertz CT molecular complexity index is 365. The van der Waals surface area contributed by atoms with Gasteiger partial charge in [0, 0.05) is 25.4 Å². The van der Waals surface area contributed by atoms with E-state index in [9.17, 15) is 13.2 Å². The Morgan fingerprint density at radius 3 is 2.53 bits per heavy atom. The van der Waals surface area contributed by atoms with Crippen LogP contribution in [0, 0.1) is 0 Å². The standard InChI is InChI=1S/C10H21N3O3S/c1-13(5-6-17(2,15)16)7-9(10(11)14)12-8-3-4-8/h8-9,12H,3-7H2,1-2H3,(H2,11,14). The average Bonchev–Trinajstić information content (AvgIpc) is 2.96. The quantitative estimate of drug-likeness (QED) is 0.560. The van der Waals surface area contributed by atoms with Crippen LogP contribution >= 0.6 is 0 Å². The van der Waals surface area contributed by atoms with Gasteiger partial charge in [0.1, 0.15) is 9.84 Å². The van der Waals surface area contributed by atoms with Crippen LogP contribution in [0.15, 0.2) is 0 Å². The summed E-state index contributed by atoms with van der Waals surface area (Å²) in [5, 5.41) is 3.15. The number of rotatable bonds is 8. The van der Waals surface area contributed by atoms with Crippen LogP contribution in [0.3, 0.4) is 0 Å². The molecule has 0 aromatic heterocycles. The normalized spacial score (nSPS) is 18.3. The topological polar surface area (TPSA) is 92.5 Å². The molecule has 0 aliphatic heterocycles. The van der Waals surface area contributed by atoms with Crippen LogP contribution in [-0.4, -0.2) is 63.5 Å². The van der Waals surface area contributed by atoms with Gasteiger partial charge >= 0.3 is 0 Å². The Balaban J connectivity index is 2.34. The molecule has 1 atom stereocenters. The average molecular weight is 263 g/mol. The molecule has 1 rings (SSSR count). The van der Waals surface area contributed by atoms with Crippen LogP contribution in [0.1, 0.15) is 12.8 Å². The summed E-state index contributed by atoms with van der Waals surface area (Å²) in [6.07, 6.45) is 3.36.